The molecule has 1 aromatic carbocycles. The number of ether oxygens (including phenoxy) is 1. The number of carbonyl (C=O) groups is 1. The molecule has 0 saturated carbocycles. The van der Waals surface area contributed by atoms with E-state index in [1.807, 2.05) is 0 Å². The molecule has 0 atom stereocenters. The number of halogens is 1. The summed E-state index contributed by atoms with van der Waals surface area (Å²) in [7, 11) is 1.72. The molecule has 1 amide bonds. The number of aromatic nitrogens is 1. The summed E-state index contributed by atoms with van der Waals surface area (Å²) in [6, 6.07) is 7.10. The first kappa shape index (κ1) is 15.8. The van der Waals surface area contributed by atoms with Crippen LogP contribution in [0.4, 0.5) is 0 Å². The van der Waals surface area contributed by atoms with Gasteiger partial charge in [0.25, 0.3) is 5.91 Å². The van der Waals surface area contributed by atoms with Crippen molar-refractivity contribution < 1.29 is 9.53 Å². The molecule has 0 aliphatic heterocycles. The fraction of sp³-hybridized carbons (Fsp3) is 0.286. The summed E-state index contributed by atoms with van der Waals surface area (Å²) >= 11 is 7.19. The molecule has 0 spiro atoms. The van der Waals surface area contributed by atoms with E-state index in [2.05, 4.69) is 4.98 Å². The number of rotatable bonds is 6. The van der Waals surface area contributed by atoms with Crippen LogP contribution < -0.4 is 10.5 Å². The number of benzene rings is 1. The minimum Gasteiger partial charge on any atom is -0.492 e. The van der Waals surface area contributed by atoms with Crippen molar-refractivity contribution in [3.05, 3.63) is 45.4 Å². The Morgan fingerprint density at radius 1 is 1.43 bits per heavy atom. The number of hydrogen-bond acceptors (Lipinski definition) is 5. The third-order valence-electron chi connectivity index (χ3n) is 2.80. The summed E-state index contributed by atoms with van der Waals surface area (Å²) in [5, 5.41) is 3.14. The van der Waals surface area contributed by atoms with Crippen molar-refractivity contribution in [1.29, 1.82) is 0 Å². The first-order valence-electron chi connectivity index (χ1n) is 6.38. The van der Waals surface area contributed by atoms with Gasteiger partial charge in [0.1, 0.15) is 23.1 Å². The van der Waals surface area contributed by atoms with Crippen LogP contribution in [0.25, 0.3) is 0 Å². The van der Waals surface area contributed by atoms with Gasteiger partial charge < -0.3 is 15.4 Å². The summed E-state index contributed by atoms with van der Waals surface area (Å²) in [6.07, 6.45) is 0. The lowest BCUT2D eigenvalue weighted by atomic mass is 10.3. The van der Waals surface area contributed by atoms with E-state index in [1.165, 1.54) is 11.3 Å². The standard InChI is InChI=1S/C14H16ClN3O2S/c1-18(14(19)12-9-21-13(8-16)17-12)6-7-20-11-4-2-10(15)3-5-11/h2-5,9H,6-8,16H2,1H3. The number of carbonyl (C=O) groups excluding carboxylic acids is 1. The van der Waals surface area contributed by atoms with E-state index in [1.54, 1.807) is 41.6 Å². The van der Waals surface area contributed by atoms with Gasteiger partial charge in [-0.1, -0.05) is 11.6 Å². The predicted octanol–water partition coefficient (Wildman–Crippen LogP) is 2.41. The van der Waals surface area contributed by atoms with Gasteiger partial charge >= 0.3 is 0 Å². The minimum atomic E-state index is -0.134. The fourth-order valence-corrected chi connectivity index (χ4v) is 2.41. The number of nitrogens with zero attached hydrogens (tertiary/aromatic N) is 2. The third-order valence-corrected chi connectivity index (χ3v) is 3.92. The van der Waals surface area contributed by atoms with Crippen LogP contribution in [0, 0.1) is 0 Å². The average Bonchev–Trinajstić information content (AvgIpc) is 2.97. The monoisotopic (exact) mass is 325 g/mol. The molecule has 0 fully saturated rings. The van der Waals surface area contributed by atoms with Crippen molar-refractivity contribution in [2.75, 3.05) is 20.2 Å². The lowest BCUT2D eigenvalue weighted by Crippen LogP contribution is -2.31. The maximum Gasteiger partial charge on any atom is 0.273 e. The van der Waals surface area contributed by atoms with Crippen molar-refractivity contribution in [3.8, 4) is 5.75 Å². The Bertz CT molecular complexity index is 601. The van der Waals surface area contributed by atoms with Gasteiger partial charge in [-0.15, -0.1) is 11.3 Å². The van der Waals surface area contributed by atoms with Gasteiger partial charge in [0.15, 0.2) is 0 Å². The summed E-state index contributed by atoms with van der Waals surface area (Å²) in [5.74, 6) is 0.588. The largest absolute Gasteiger partial charge is 0.492 e. The fourth-order valence-electron chi connectivity index (χ4n) is 1.63. The number of amides is 1. The molecular formula is C14H16ClN3O2S. The Hall–Kier alpha value is -1.63. The zero-order chi connectivity index (χ0) is 15.2. The second-order valence-corrected chi connectivity index (χ2v) is 5.74. The van der Waals surface area contributed by atoms with Gasteiger partial charge in [-0.3, -0.25) is 4.79 Å². The first-order valence-corrected chi connectivity index (χ1v) is 7.64. The molecule has 1 heterocycles. The molecule has 0 saturated heterocycles. The molecule has 2 rings (SSSR count). The van der Waals surface area contributed by atoms with E-state index in [0.717, 1.165) is 10.8 Å². The van der Waals surface area contributed by atoms with Gasteiger partial charge in [0, 0.05) is 24.0 Å². The van der Waals surface area contributed by atoms with Gasteiger partial charge in [-0.25, -0.2) is 4.98 Å². The Kier molecular flexibility index (Phi) is 5.55. The van der Waals surface area contributed by atoms with Gasteiger partial charge in [0.2, 0.25) is 0 Å². The normalized spacial score (nSPS) is 10.4. The van der Waals surface area contributed by atoms with Crippen LogP contribution in [0.3, 0.4) is 0 Å². The van der Waals surface area contributed by atoms with Crippen LogP contribution >= 0.6 is 22.9 Å². The van der Waals surface area contributed by atoms with E-state index >= 15 is 0 Å². The summed E-state index contributed by atoms with van der Waals surface area (Å²) in [6.45, 7) is 1.22. The molecule has 0 unspecified atom stereocenters. The number of nitrogens with two attached hydrogens (primary N) is 1. The third kappa shape index (κ3) is 4.42. The van der Waals surface area contributed by atoms with Crippen molar-refractivity contribution in [3.63, 3.8) is 0 Å². The maximum atomic E-state index is 12.1. The number of thiazole rings is 1. The second kappa shape index (κ2) is 7.40. The maximum absolute atomic E-state index is 12.1. The smallest absolute Gasteiger partial charge is 0.273 e. The Labute approximate surface area is 132 Å². The van der Waals surface area contributed by atoms with E-state index in [4.69, 9.17) is 22.1 Å². The van der Waals surface area contributed by atoms with Crippen molar-refractivity contribution in [2.24, 2.45) is 5.73 Å². The molecule has 112 valence electrons. The average molecular weight is 326 g/mol. The molecular weight excluding hydrogens is 310 g/mol. The van der Waals surface area contributed by atoms with Crippen LogP contribution in [-0.2, 0) is 6.54 Å². The topological polar surface area (TPSA) is 68.5 Å². The number of likely N-dealkylation sites (N-methyl/N-ethyl adjacent to an activating group) is 1. The highest BCUT2D eigenvalue weighted by molar-refractivity contribution is 7.09. The van der Waals surface area contributed by atoms with E-state index in [9.17, 15) is 4.79 Å². The lowest BCUT2D eigenvalue weighted by Gasteiger charge is -2.16. The Balaban J connectivity index is 1.82. The van der Waals surface area contributed by atoms with Crippen LogP contribution in [0.1, 0.15) is 15.5 Å². The van der Waals surface area contributed by atoms with E-state index < -0.39 is 0 Å². The summed E-state index contributed by atoms with van der Waals surface area (Å²) in [4.78, 5) is 17.9. The van der Waals surface area contributed by atoms with E-state index in [0.29, 0.717) is 30.4 Å². The minimum absolute atomic E-state index is 0.134. The lowest BCUT2D eigenvalue weighted by molar-refractivity contribution is 0.0768. The molecule has 5 nitrogen and oxygen atoms in total. The highest BCUT2D eigenvalue weighted by Gasteiger charge is 2.15. The highest BCUT2D eigenvalue weighted by atomic mass is 35.5. The Morgan fingerprint density at radius 3 is 2.76 bits per heavy atom. The van der Waals surface area contributed by atoms with Crippen molar-refractivity contribution in [1.82, 2.24) is 9.88 Å². The van der Waals surface area contributed by atoms with Gasteiger partial charge in [0.05, 0.1) is 6.54 Å². The number of hydrogen-bond donors (Lipinski definition) is 1. The SMILES string of the molecule is CN(CCOc1ccc(Cl)cc1)C(=O)c1csc(CN)n1. The molecule has 0 radical (unpaired) electrons. The van der Waals surface area contributed by atoms with Crippen molar-refractivity contribution in [2.45, 2.75) is 6.54 Å². The second-order valence-electron chi connectivity index (χ2n) is 4.36. The molecule has 7 heteroatoms. The van der Waals surface area contributed by atoms with Gasteiger partial charge in [-0.2, -0.15) is 0 Å². The molecule has 2 aromatic rings. The molecule has 0 aliphatic carbocycles. The first-order chi connectivity index (χ1) is 10.1. The summed E-state index contributed by atoms with van der Waals surface area (Å²) < 4.78 is 5.55. The van der Waals surface area contributed by atoms with Crippen LogP contribution in [0.5, 0.6) is 5.75 Å². The molecule has 0 bridgehead atoms. The predicted molar refractivity (Wildman–Crippen MR) is 83.9 cm³/mol. The van der Waals surface area contributed by atoms with Crippen LogP contribution in [-0.4, -0.2) is 36.0 Å². The van der Waals surface area contributed by atoms with Crippen molar-refractivity contribution >= 4 is 28.8 Å². The van der Waals surface area contributed by atoms with E-state index in [-0.39, 0.29) is 5.91 Å². The highest BCUT2D eigenvalue weighted by Crippen LogP contribution is 2.15. The molecule has 0 aliphatic rings. The van der Waals surface area contributed by atoms with Crippen LogP contribution in [0.2, 0.25) is 5.02 Å². The molecule has 1 aromatic heterocycles. The quantitative estimate of drug-likeness (QED) is 0.885. The zero-order valence-electron chi connectivity index (χ0n) is 11.6. The zero-order valence-corrected chi connectivity index (χ0v) is 13.2. The molecule has 2 N–H and O–H groups in total. The van der Waals surface area contributed by atoms with Gasteiger partial charge in [-0.05, 0) is 24.3 Å². The van der Waals surface area contributed by atoms with Crippen LogP contribution in [0.15, 0.2) is 29.6 Å². The summed E-state index contributed by atoms with van der Waals surface area (Å²) in [5.41, 5.74) is 5.91. The Morgan fingerprint density at radius 2 is 2.14 bits per heavy atom. The molecule has 21 heavy (non-hydrogen) atoms.